The number of fused-ring (bicyclic) bond motifs is 1. The maximum absolute atomic E-state index is 6.07. The summed E-state index contributed by atoms with van der Waals surface area (Å²) in [7, 11) is 0. The quantitative estimate of drug-likeness (QED) is 0.140. The molecule has 0 atom stereocenters. The second kappa shape index (κ2) is 18.1. The summed E-state index contributed by atoms with van der Waals surface area (Å²) >= 11 is 0. The minimum Gasteiger partial charge on any atom is -0.494 e. The summed E-state index contributed by atoms with van der Waals surface area (Å²) in [5, 5.41) is 2.53. The Morgan fingerprint density at radius 3 is 1.62 bits per heavy atom. The van der Waals surface area contributed by atoms with Gasteiger partial charge in [0.15, 0.2) is 0 Å². The van der Waals surface area contributed by atoms with E-state index in [-0.39, 0.29) is 0 Å². The van der Waals surface area contributed by atoms with E-state index in [2.05, 4.69) is 74.5 Å². The molecule has 3 aromatic carbocycles. The molecular weight excluding hydrogens is 448 g/mol. The van der Waals surface area contributed by atoms with E-state index in [4.69, 9.17) is 4.74 Å². The van der Waals surface area contributed by atoms with E-state index in [9.17, 15) is 0 Å². The Balaban J connectivity index is 1.37. The molecule has 0 aliphatic rings. The lowest BCUT2D eigenvalue weighted by Gasteiger charge is -2.09. The van der Waals surface area contributed by atoms with Gasteiger partial charge in [0.2, 0.25) is 0 Å². The predicted octanol–water partition coefficient (Wildman–Crippen LogP) is 11.7. The van der Waals surface area contributed by atoms with Crippen LogP contribution in [0.15, 0.2) is 60.7 Å². The second-order valence-electron chi connectivity index (χ2n) is 11.0. The van der Waals surface area contributed by atoms with Crippen molar-refractivity contribution in [2.24, 2.45) is 0 Å². The first-order valence-electron chi connectivity index (χ1n) is 15.6. The first-order chi connectivity index (χ1) is 18.3. The van der Waals surface area contributed by atoms with Crippen molar-refractivity contribution in [3.05, 3.63) is 66.2 Å². The van der Waals surface area contributed by atoms with Crippen molar-refractivity contribution in [1.82, 2.24) is 0 Å². The highest BCUT2D eigenvalue weighted by molar-refractivity contribution is 5.88. The lowest BCUT2D eigenvalue weighted by molar-refractivity contribution is 0.304. The highest BCUT2D eigenvalue weighted by Crippen LogP contribution is 2.28. The summed E-state index contributed by atoms with van der Waals surface area (Å²) in [6.45, 7) is 5.39. The maximum atomic E-state index is 6.07. The minimum atomic E-state index is 0.825. The van der Waals surface area contributed by atoms with Crippen molar-refractivity contribution in [1.29, 1.82) is 0 Å². The van der Waals surface area contributed by atoms with Crippen LogP contribution in [0.3, 0.4) is 0 Å². The van der Waals surface area contributed by atoms with E-state index in [1.165, 1.54) is 130 Å². The highest BCUT2D eigenvalue weighted by Gasteiger charge is 2.03. The van der Waals surface area contributed by atoms with Crippen molar-refractivity contribution in [2.45, 2.75) is 123 Å². The molecule has 0 aliphatic heterocycles. The fraction of sp³-hybridized carbons (Fsp3) is 0.556. The summed E-state index contributed by atoms with van der Waals surface area (Å²) in [4.78, 5) is 0. The van der Waals surface area contributed by atoms with Gasteiger partial charge in [0.05, 0.1) is 6.61 Å². The maximum Gasteiger partial charge on any atom is 0.119 e. The normalized spacial score (nSPS) is 11.3. The molecule has 0 saturated heterocycles. The van der Waals surface area contributed by atoms with E-state index in [1.54, 1.807) is 0 Å². The summed E-state index contributed by atoms with van der Waals surface area (Å²) in [6.07, 6.45) is 22.9. The van der Waals surface area contributed by atoms with Gasteiger partial charge in [-0.15, -0.1) is 0 Å². The molecule has 1 nitrogen and oxygen atoms in total. The Bertz CT molecular complexity index is 987. The van der Waals surface area contributed by atoms with Crippen LogP contribution >= 0.6 is 0 Å². The van der Waals surface area contributed by atoms with Gasteiger partial charge in [-0.2, -0.15) is 0 Å². The largest absolute Gasteiger partial charge is 0.494 e. The molecule has 0 bridgehead atoms. The highest BCUT2D eigenvalue weighted by atomic mass is 16.5. The molecule has 3 rings (SSSR count). The molecule has 37 heavy (non-hydrogen) atoms. The molecule has 0 amide bonds. The number of rotatable bonds is 20. The van der Waals surface area contributed by atoms with Gasteiger partial charge in [0.25, 0.3) is 0 Å². The molecule has 1 heteroatoms. The Hall–Kier alpha value is -2.28. The Labute approximate surface area is 228 Å². The van der Waals surface area contributed by atoms with Crippen molar-refractivity contribution >= 4 is 10.8 Å². The molecule has 0 radical (unpaired) electrons. The fourth-order valence-electron chi connectivity index (χ4n) is 5.25. The lowest BCUT2D eigenvalue weighted by Crippen LogP contribution is -1.97. The summed E-state index contributed by atoms with van der Waals surface area (Å²) < 4.78 is 6.07. The van der Waals surface area contributed by atoms with E-state index in [0.717, 1.165) is 18.8 Å². The minimum absolute atomic E-state index is 0.825. The first-order valence-corrected chi connectivity index (χ1v) is 15.6. The third kappa shape index (κ3) is 11.3. The monoisotopic (exact) mass is 500 g/mol. The topological polar surface area (TPSA) is 9.23 Å². The summed E-state index contributed by atoms with van der Waals surface area (Å²) in [6, 6.07) is 22.5. The van der Waals surface area contributed by atoms with Gasteiger partial charge in [-0.1, -0.05) is 146 Å². The fourth-order valence-corrected chi connectivity index (χ4v) is 5.25. The van der Waals surface area contributed by atoms with Crippen molar-refractivity contribution < 1.29 is 4.74 Å². The number of aryl methyl sites for hydroxylation is 1. The van der Waals surface area contributed by atoms with Crippen LogP contribution in [-0.4, -0.2) is 6.61 Å². The molecule has 0 saturated carbocycles. The number of hydrogen-bond acceptors (Lipinski definition) is 1. The average Bonchev–Trinajstić information content (AvgIpc) is 2.93. The number of hydrogen-bond donors (Lipinski definition) is 0. The molecule has 0 aromatic heterocycles. The molecule has 0 spiro atoms. The van der Waals surface area contributed by atoms with Crippen molar-refractivity contribution in [3.8, 4) is 16.9 Å². The number of benzene rings is 3. The van der Waals surface area contributed by atoms with Crippen LogP contribution in [0.4, 0.5) is 0 Å². The Kier molecular flexibility index (Phi) is 14.3. The van der Waals surface area contributed by atoms with E-state index >= 15 is 0 Å². The SMILES string of the molecule is CCCCCCCCCCCCOc1ccc2cc(-c3ccc(CCCCCCCC)cc3)ccc2c1. The van der Waals surface area contributed by atoms with E-state index in [1.807, 2.05) is 0 Å². The molecular formula is C36H52O. The van der Waals surface area contributed by atoms with Crippen LogP contribution in [0, 0.1) is 0 Å². The van der Waals surface area contributed by atoms with Gasteiger partial charge >= 0.3 is 0 Å². The van der Waals surface area contributed by atoms with Crippen LogP contribution in [0.25, 0.3) is 21.9 Å². The Morgan fingerprint density at radius 2 is 0.973 bits per heavy atom. The molecule has 0 unspecified atom stereocenters. The van der Waals surface area contributed by atoms with Gasteiger partial charge in [-0.05, 0) is 64.9 Å². The van der Waals surface area contributed by atoms with Gasteiger partial charge < -0.3 is 4.74 Å². The number of unbranched alkanes of at least 4 members (excludes halogenated alkanes) is 14. The summed E-state index contributed by atoms with van der Waals surface area (Å²) in [5.74, 6) is 0.996. The average molecular weight is 501 g/mol. The molecule has 3 aromatic rings. The van der Waals surface area contributed by atoms with Crippen LogP contribution in [-0.2, 0) is 6.42 Å². The van der Waals surface area contributed by atoms with Gasteiger partial charge in [0, 0.05) is 0 Å². The van der Waals surface area contributed by atoms with Gasteiger partial charge in [0.1, 0.15) is 5.75 Å². The standard InChI is InChI=1S/C36H52O/c1-3-5-7-9-11-12-13-14-16-18-28-37-36-27-26-34-29-33(24-25-35(34)30-36)32-22-20-31(21-23-32)19-17-15-10-8-6-4-2/h20-27,29-30H,3-19,28H2,1-2H3. The molecule has 0 fully saturated rings. The van der Waals surface area contributed by atoms with Crippen LogP contribution in [0.2, 0.25) is 0 Å². The zero-order chi connectivity index (χ0) is 26.0. The van der Waals surface area contributed by atoms with Crippen molar-refractivity contribution in [2.75, 3.05) is 6.61 Å². The first kappa shape index (κ1) is 29.3. The van der Waals surface area contributed by atoms with E-state index in [0.29, 0.717) is 0 Å². The molecule has 0 N–H and O–H groups in total. The molecule has 0 heterocycles. The van der Waals surface area contributed by atoms with Crippen molar-refractivity contribution in [3.63, 3.8) is 0 Å². The predicted molar refractivity (Wildman–Crippen MR) is 164 cm³/mol. The summed E-state index contributed by atoms with van der Waals surface area (Å²) in [5.41, 5.74) is 4.05. The lowest BCUT2D eigenvalue weighted by atomic mass is 9.98. The molecule has 202 valence electrons. The van der Waals surface area contributed by atoms with E-state index < -0.39 is 0 Å². The molecule has 0 aliphatic carbocycles. The zero-order valence-corrected chi connectivity index (χ0v) is 23.9. The number of ether oxygens (including phenoxy) is 1. The van der Waals surface area contributed by atoms with Crippen LogP contribution in [0.1, 0.15) is 122 Å². The van der Waals surface area contributed by atoms with Gasteiger partial charge in [-0.25, -0.2) is 0 Å². The van der Waals surface area contributed by atoms with Crippen LogP contribution < -0.4 is 4.74 Å². The zero-order valence-electron chi connectivity index (χ0n) is 23.9. The van der Waals surface area contributed by atoms with Gasteiger partial charge in [-0.3, -0.25) is 0 Å². The van der Waals surface area contributed by atoms with Crippen LogP contribution in [0.5, 0.6) is 5.75 Å². The third-order valence-corrected chi connectivity index (χ3v) is 7.68. The third-order valence-electron chi connectivity index (χ3n) is 7.68. The smallest absolute Gasteiger partial charge is 0.119 e. The Morgan fingerprint density at radius 1 is 0.459 bits per heavy atom. The second-order valence-corrected chi connectivity index (χ2v) is 11.0.